The molecule has 0 aliphatic carbocycles. The summed E-state index contributed by atoms with van der Waals surface area (Å²) in [6.45, 7) is 0. The van der Waals surface area contributed by atoms with E-state index in [4.69, 9.17) is 15.3 Å². The molecule has 0 aromatic rings. The van der Waals surface area contributed by atoms with Crippen molar-refractivity contribution in [3.8, 4) is 0 Å². The molecule has 0 heterocycles. The van der Waals surface area contributed by atoms with Crippen molar-refractivity contribution in [2.45, 2.75) is 6.42 Å². The largest absolute Gasteiger partial charge is 0.480 e. The second kappa shape index (κ2) is 4.22. The van der Waals surface area contributed by atoms with Crippen LogP contribution in [0, 0.1) is 5.41 Å². The SMILES string of the molecule is O=C(O)C(CCBr)(C(=O)O)C(=O)O. The lowest BCUT2D eigenvalue weighted by Crippen LogP contribution is -2.46. The number of carbonyl (C=O) groups is 3. The number of rotatable bonds is 5. The first-order chi connectivity index (χ1) is 5.89. The van der Waals surface area contributed by atoms with Gasteiger partial charge in [0.05, 0.1) is 0 Å². The minimum atomic E-state index is -2.75. The Morgan fingerprint density at radius 1 is 1.00 bits per heavy atom. The lowest BCUT2D eigenvalue weighted by Gasteiger charge is -2.18. The summed E-state index contributed by atoms with van der Waals surface area (Å²) in [6, 6.07) is 0. The second-order valence-corrected chi connectivity index (χ2v) is 3.05. The molecule has 0 rings (SSSR count). The van der Waals surface area contributed by atoms with E-state index in [1.165, 1.54) is 0 Å². The molecule has 0 saturated heterocycles. The highest BCUT2D eigenvalue weighted by Crippen LogP contribution is 2.24. The van der Waals surface area contributed by atoms with Gasteiger partial charge in [0.1, 0.15) is 0 Å². The predicted octanol–water partition coefficient (Wildman–Crippen LogP) is 0.0116. The summed E-state index contributed by atoms with van der Waals surface area (Å²) in [6.07, 6.45) is -0.507. The van der Waals surface area contributed by atoms with Gasteiger partial charge in [0, 0.05) is 5.33 Å². The van der Waals surface area contributed by atoms with Gasteiger partial charge >= 0.3 is 17.9 Å². The number of hydrogen-bond donors (Lipinski definition) is 3. The lowest BCUT2D eigenvalue weighted by molar-refractivity contribution is -0.175. The molecule has 0 radical (unpaired) electrons. The van der Waals surface area contributed by atoms with Crippen LogP contribution >= 0.6 is 15.9 Å². The summed E-state index contributed by atoms with van der Waals surface area (Å²) in [5.41, 5.74) is -2.75. The smallest absolute Gasteiger partial charge is 0.332 e. The fourth-order valence-electron chi connectivity index (χ4n) is 0.737. The number of alkyl halides is 1. The molecule has 0 aromatic carbocycles. The Bertz CT molecular complexity index is 211. The van der Waals surface area contributed by atoms with Crippen LogP contribution in [0.2, 0.25) is 0 Å². The van der Waals surface area contributed by atoms with E-state index in [0.29, 0.717) is 0 Å². The number of halogens is 1. The van der Waals surface area contributed by atoms with Gasteiger partial charge in [-0.05, 0) is 6.42 Å². The quantitative estimate of drug-likeness (QED) is 0.471. The number of hydrogen-bond acceptors (Lipinski definition) is 3. The van der Waals surface area contributed by atoms with Gasteiger partial charge < -0.3 is 15.3 Å². The molecule has 0 aromatic heterocycles. The molecule has 0 atom stereocenters. The Balaban J connectivity index is 5.18. The molecular weight excluding hydrogens is 248 g/mol. The van der Waals surface area contributed by atoms with Crippen molar-refractivity contribution in [1.82, 2.24) is 0 Å². The van der Waals surface area contributed by atoms with Crippen molar-refractivity contribution >= 4 is 33.8 Å². The van der Waals surface area contributed by atoms with E-state index in [1.807, 2.05) is 0 Å². The van der Waals surface area contributed by atoms with Crippen LogP contribution in [0.1, 0.15) is 6.42 Å². The average Bonchev–Trinajstić information content (AvgIpc) is 1.97. The van der Waals surface area contributed by atoms with Crippen LogP contribution in [0.4, 0.5) is 0 Å². The molecule has 0 amide bonds. The van der Waals surface area contributed by atoms with Gasteiger partial charge in [-0.2, -0.15) is 0 Å². The summed E-state index contributed by atoms with van der Waals surface area (Å²) in [5, 5.41) is 25.5. The third-order valence-electron chi connectivity index (χ3n) is 1.56. The molecule has 74 valence electrons. The molecule has 3 N–H and O–H groups in total. The van der Waals surface area contributed by atoms with Crippen molar-refractivity contribution in [2.75, 3.05) is 5.33 Å². The van der Waals surface area contributed by atoms with Crippen molar-refractivity contribution in [2.24, 2.45) is 5.41 Å². The maximum Gasteiger partial charge on any atom is 0.332 e. The van der Waals surface area contributed by atoms with Crippen LogP contribution in [0.5, 0.6) is 0 Å². The molecule has 6 nitrogen and oxygen atoms in total. The van der Waals surface area contributed by atoms with E-state index in [1.54, 1.807) is 0 Å². The maximum absolute atomic E-state index is 10.5. The van der Waals surface area contributed by atoms with Crippen LogP contribution in [0.15, 0.2) is 0 Å². The van der Waals surface area contributed by atoms with Gasteiger partial charge in [-0.3, -0.25) is 14.4 Å². The van der Waals surface area contributed by atoms with E-state index >= 15 is 0 Å². The molecule has 0 bridgehead atoms. The zero-order valence-corrected chi connectivity index (χ0v) is 7.94. The van der Waals surface area contributed by atoms with E-state index < -0.39 is 29.7 Å². The molecule has 0 fully saturated rings. The first-order valence-electron chi connectivity index (χ1n) is 3.15. The van der Waals surface area contributed by atoms with Crippen molar-refractivity contribution in [3.05, 3.63) is 0 Å². The Morgan fingerprint density at radius 2 is 1.31 bits per heavy atom. The van der Waals surface area contributed by atoms with E-state index in [0.717, 1.165) is 0 Å². The highest BCUT2D eigenvalue weighted by molar-refractivity contribution is 9.09. The molecule has 0 unspecified atom stereocenters. The zero-order valence-electron chi connectivity index (χ0n) is 6.36. The molecule has 7 heteroatoms. The lowest BCUT2D eigenvalue weighted by atomic mass is 9.85. The highest BCUT2D eigenvalue weighted by atomic mass is 79.9. The molecular formula is C6H7BrO6. The van der Waals surface area contributed by atoms with Gasteiger partial charge in [0.2, 0.25) is 0 Å². The molecule has 0 spiro atoms. The van der Waals surface area contributed by atoms with Crippen LogP contribution in [-0.4, -0.2) is 38.6 Å². The average molecular weight is 255 g/mol. The highest BCUT2D eigenvalue weighted by Gasteiger charge is 2.53. The van der Waals surface area contributed by atoms with E-state index in [-0.39, 0.29) is 5.33 Å². The summed E-state index contributed by atoms with van der Waals surface area (Å²) < 4.78 is 0. The van der Waals surface area contributed by atoms with Gasteiger partial charge in [0.15, 0.2) is 0 Å². The standard InChI is InChI=1S/C6H7BrO6/c7-2-1-6(3(8)9,4(10)11)5(12)13/h1-2H2,(H,8,9)(H,10,11)(H,12,13). The minimum Gasteiger partial charge on any atom is -0.480 e. The Labute approximate surface area is 81.3 Å². The Kier molecular flexibility index (Phi) is 3.86. The summed E-state index contributed by atoms with van der Waals surface area (Å²) in [7, 11) is 0. The summed E-state index contributed by atoms with van der Waals surface area (Å²) in [5.74, 6) is -5.61. The van der Waals surface area contributed by atoms with Gasteiger partial charge in [-0.15, -0.1) is 0 Å². The van der Waals surface area contributed by atoms with Crippen molar-refractivity contribution < 1.29 is 29.7 Å². The van der Waals surface area contributed by atoms with Crippen LogP contribution in [-0.2, 0) is 14.4 Å². The fraction of sp³-hybridized carbons (Fsp3) is 0.500. The van der Waals surface area contributed by atoms with Gasteiger partial charge in [0.25, 0.3) is 5.41 Å². The second-order valence-electron chi connectivity index (χ2n) is 2.26. The zero-order chi connectivity index (χ0) is 10.6. The number of aliphatic carboxylic acids is 3. The van der Waals surface area contributed by atoms with Crippen LogP contribution in [0.25, 0.3) is 0 Å². The third-order valence-corrected chi connectivity index (χ3v) is 1.96. The van der Waals surface area contributed by atoms with E-state index in [9.17, 15) is 14.4 Å². The third kappa shape index (κ3) is 1.97. The monoisotopic (exact) mass is 254 g/mol. The van der Waals surface area contributed by atoms with Gasteiger partial charge in [-0.1, -0.05) is 15.9 Å². The molecule has 0 saturated carbocycles. The Hall–Kier alpha value is -1.11. The first-order valence-corrected chi connectivity index (χ1v) is 4.28. The molecule has 13 heavy (non-hydrogen) atoms. The normalized spacial score (nSPS) is 10.8. The molecule has 0 aliphatic rings. The summed E-state index contributed by atoms with van der Waals surface area (Å²) in [4.78, 5) is 31.5. The van der Waals surface area contributed by atoms with Crippen LogP contribution in [0.3, 0.4) is 0 Å². The maximum atomic E-state index is 10.5. The van der Waals surface area contributed by atoms with Crippen LogP contribution < -0.4 is 0 Å². The first kappa shape index (κ1) is 11.9. The molecule has 0 aliphatic heterocycles. The fourth-order valence-corrected chi connectivity index (χ4v) is 1.33. The summed E-state index contributed by atoms with van der Waals surface area (Å²) >= 11 is 2.80. The number of carboxylic acids is 3. The predicted molar refractivity (Wildman–Crippen MR) is 43.8 cm³/mol. The minimum absolute atomic E-state index is 0.0160. The van der Waals surface area contributed by atoms with E-state index in [2.05, 4.69) is 15.9 Å². The van der Waals surface area contributed by atoms with Gasteiger partial charge in [-0.25, -0.2) is 0 Å². The topological polar surface area (TPSA) is 112 Å². The Morgan fingerprint density at radius 3 is 1.38 bits per heavy atom. The van der Waals surface area contributed by atoms with Crippen molar-refractivity contribution in [3.63, 3.8) is 0 Å². The van der Waals surface area contributed by atoms with Crippen molar-refractivity contribution in [1.29, 1.82) is 0 Å². The number of carboxylic acid groups (broad SMARTS) is 3.